The van der Waals surface area contributed by atoms with Crippen LogP contribution in [0.15, 0.2) is 109 Å². The maximum absolute atomic E-state index is 12.3. The fraction of sp³-hybridized carbons (Fsp3) is 0.683. The summed E-state index contributed by atoms with van der Waals surface area (Å²) in [5, 5.41) is 9.66. The highest BCUT2D eigenvalue weighted by Crippen LogP contribution is 2.15. The second-order valence-electron chi connectivity index (χ2n) is 18.6. The molecule has 5 nitrogen and oxygen atoms in total. The van der Waals surface area contributed by atoms with Gasteiger partial charge in [-0.05, 0) is 103 Å². The first-order valence-corrected chi connectivity index (χ1v) is 28.4. The highest BCUT2D eigenvalue weighted by atomic mass is 16.6. The van der Waals surface area contributed by atoms with Gasteiger partial charge in [-0.3, -0.25) is 9.59 Å². The Balaban J connectivity index is 3.56. The summed E-state index contributed by atoms with van der Waals surface area (Å²) in [4.78, 5) is 24.5. The first kappa shape index (κ1) is 64.6. The van der Waals surface area contributed by atoms with Gasteiger partial charge in [-0.15, -0.1) is 0 Å². The third kappa shape index (κ3) is 55.2. The number of hydrogen-bond acceptors (Lipinski definition) is 5. The van der Waals surface area contributed by atoms with E-state index in [0.717, 1.165) is 96.3 Å². The third-order valence-corrected chi connectivity index (χ3v) is 12.1. The van der Waals surface area contributed by atoms with E-state index in [-0.39, 0.29) is 25.2 Å². The molecular formula is C63H106O5. The Morgan fingerprint density at radius 3 is 0.956 bits per heavy atom. The van der Waals surface area contributed by atoms with E-state index in [1.807, 2.05) is 0 Å². The van der Waals surface area contributed by atoms with Crippen LogP contribution in [0.2, 0.25) is 0 Å². The monoisotopic (exact) mass is 943 g/mol. The van der Waals surface area contributed by atoms with Crippen molar-refractivity contribution in [2.75, 3.05) is 13.2 Å². The van der Waals surface area contributed by atoms with Crippen molar-refractivity contribution in [2.45, 2.75) is 264 Å². The third-order valence-electron chi connectivity index (χ3n) is 12.1. The fourth-order valence-electron chi connectivity index (χ4n) is 7.80. The highest BCUT2D eigenvalue weighted by Gasteiger charge is 2.16. The number of hydrogen-bond donors (Lipinski definition) is 1. The lowest BCUT2D eigenvalue weighted by molar-refractivity contribution is -0.161. The molecule has 0 bridgehead atoms. The summed E-state index contributed by atoms with van der Waals surface area (Å²) in [6.07, 6.45) is 83.4. The average Bonchev–Trinajstić information content (AvgIpc) is 3.34. The van der Waals surface area contributed by atoms with E-state index in [1.165, 1.54) is 135 Å². The number of aliphatic hydroxyl groups excluding tert-OH is 1. The molecule has 0 aromatic rings. The summed E-state index contributed by atoms with van der Waals surface area (Å²) < 4.78 is 10.7. The van der Waals surface area contributed by atoms with Crippen molar-refractivity contribution in [3.05, 3.63) is 109 Å². The lowest BCUT2D eigenvalue weighted by atomic mass is 10.0. The summed E-state index contributed by atoms with van der Waals surface area (Å²) in [7, 11) is 0. The molecule has 0 aliphatic carbocycles. The van der Waals surface area contributed by atoms with Crippen molar-refractivity contribution in [1.29, 1.82) is 0 Å². The largest absolute Gasteiger partial charge is 0.462 e. The van der Waals surface area contributed by atoms with Gasteiger partial charge in [0.1, 0.15) is 6.61 Å². The Labute approximate surface area is 421 Å². The van der Waals surface area contributed by atoms with E-state index < -0.39 is 6.10 Å². The topological polar surface area (TPSA) is 72.8 Å². The van der Waals surface area contributed by atoms with Gasteiger partial charge < -0.3 is 14.6 Å². The minimum Gasteiger partial charge on any atom is -0.462 e. The van der Waals surface area contributed by atoms with Crippen molar-refractivity contribution in [3.8, 4) is 0 Å². The summed E-state index contributed by atoms with van der Waals surface area (Å²) in [6.45, 7) is 4.02. The zero-order chi connectivity index (χ0) is 49.2. The molecular weight excluding hydrogens is 837 g/mol. The van der Waals surface area contributed by atoms with Crippen molar-refractivity contribution in [1.82, 2.24) is 0 Å². The normalized spacial score (nSPS) is 13.0. The molecule has 0 aromatic heterocycles. The van der Waals surface area contributed by atoms with Crippen LogP contribution in [0, 0.1) is 0 Å². The molecule has 0 heterocycles. The van der Waals surface area contributed by atoms with E-state index in [4.69, 9.17) is 9.47 Å². The van der Waals surface area contributed by atoms with Crippen molar-refractivity contribution in [3.63, 3.8) is 0 Å². The van der Waals surface area contributed by atoms with Gasteiger partial charge >= 0.3 is 11.9 Å². The van der Waals surface area contributed by atoms with Gasteiger partial charge in [-0.25, -0.2) is 0 Å². The standard InChI is InChI=1S/C63H106O5/c1-3-5-7-9-11-13-15-17-19-21-23-25-27-29-30-31-32-34-36-38-40-42-44-46-48-50-52-54-56-58-63(66)68-61(59-64)60-67-62(65)57-55-53-51-49-47-45-43-41-39-37-35-33-28-26-24-22-20-18-16-14-12-10-8-6-4-2/h5,7,11,13,16-19,22-25,29-30,32,34,38,40,61,64H,3-4,6,8-10,12,14-15,20-21,26-28,31,33,35-37,39,41-60H2,1-2H3/b7-5-,13-11-,18-16-,19-17-,24-22-,25-23-,30-29-,34-32-,40-38-. The van der Waals surface area contributed by atoms with Gasteiger partial charge in [0.15, 0.2) is 6.10 Å². The summed E-state index contributed by atoms with van der Waals surface area (Å²) in [5.74, 6) is -0.605. The van der Waals surface area contributed by atoms with Crippen LogP contribution in [0.3, 0.4) is 0 Å². The van der Waals surface area contributed by atoms with Crippen LogP contribution in [0.5, 0.6) is 0 Å². The molecule has 0 amide bonds. The fourth-order valence-corrected chi connectivity index (χ4v) is 7.80. The summed E-state index contributed by atoms with van der Waals surface area (Å²) in [5.41, 5.74) is 0. The number of allylic oxidation sites excluding steroid dienone is 18. The maximum atomic E-state index is 12.3. The molecule has 0 aliphatic heterocycles. The zero-order valence-corrected chi connectivity index (χ0v) is 44.3. The quantitative estimate of drug-likeness (QED) is 0.0374. The highest BCUT2D eigenvalue weighted by molar-refractivity contribution is 5.70. The number of unbranched alkanes of at least 4 members (excludes halogenated alkanes) is 25. The van der Waals surface area contributed by atoms with Crippen LogP contribution >= 0.6 is 0 Å². The van der Waals surface area contributed by atoms with Crippen molar-refractivity contribution in [2.24, 2.45) is 0 Å². The minimum atomic E-state index is -0.786. The van der Waals surface area contributed by atoms with Crippen molar-refractivity contribution >= 4 is 11.9 Å². The molecule has 0 radical (unpaired) electrons. The van der Waals surface area contributed by atoms with Gasteiger partial charge in [-0.2, -0.15) is 0 Å². The Kier molecular flexibility index (Phi) is 54.9. The number of esters is 2. The molecule has 1 atom stereocenters. The SMILES string of the molecule is CC/C=C\C/C=C\C/C=C\C/C=C\C/C=C\C/C=C\C/C=C\CCCCCCCCCC(=O)OC(CO)COC(=O)CCCCCCCCCCCCCCC/C=C\C/C=C\CCCCCCC. The van der Waals surface area contributed by atoms with Crippen LogP contribution in [-0.2, 0) is 19.1 Å². The molecule has 68 heavy (non-hydrogen) atoms. The predicted molar refractivity (Wildman–Crippen MR) is 297 cm³/mol. The molecule has 0 rings (SSSR count). The molecule has 1 unspecified atom stereocenters. The van der Waals surface area contributed by atoms with Crippen LogP contribution in [0.1, 0.15) is 258 Å². The molecule has 0 saturated heterocycles. The predicted octanol–water partition coefficient (Wildman–Crippen LogP) is 19.3. The van der Waals surface area contributed by atoms with Crippen molar-refractivity contribution < 1.29 is 24.2 Å². The smallest absolute Gasteiger partial charge is 0.306 e. The second kappa shape index (κ2) is 57.9. The van der Waals surface area contributed by atoms with Crippen LogP contribution in [0.25, 0.3) is 0 Å². The molecule has 0 spiro atoms. The van der Waals surface area contributed by atoms with Gasteiger partial charge in [0.05, 0.1) is 6.61 Å². The van der Waals surface area contributed by atoms with Gasteiger partial charge in [0.25, 0.3) is 0 Å². The van der Waals surface area contributed by atoms with Crippen LogP contribution in [-0.4, -0.2) is 36.4 Å². The van der Waals surface area contributed by atoms with E-state index >= 15 is 0 Å². The molecule has 388 valence electrons. The Bertz CT molecular complexity index is 1340. The van der Waals surface area contributed by atoms with Gasteiger partial charge in [-0.1, -0.05) is 252 Å². The summed E-state index contributed by atoms with van der Waals surface area (Å²) in [6, 6.07) is 0. The first-order chi connectivity index (χ1) is 33.6. The Hall–Kier alpha value is -3.44. The summed E-state index contributed by atoms with van der Waals surface area (Å²) >= 11 is 0. The molecule has 1 N–H and O–H groups in total. The van der Waals surface area contributed by atoms with E-state index in [9.17, 15) is 14.7 Å². The number of carbonyl (C=O) groups is 2. The number of aliphatic hydroxyl groups is 1. The zero-order valence-electron chi connectivity index (χ0n) is 44.3. The lowest BCUT2D eigenvalue weighted by Crippen LogP contribution is -2.28. The van der Waals surface area contributed by atoms with Gasteiger partial charge in [0, 0.05) is 12.8 Å². The minimum absolute atomic E-state index is 0.0758. The van der Waals surface area contributed by atoms with E-state index in [2.05, 4.69) is 123 Å². The lowest BCUT2D eigenvalue weighted by Gasteiger charge is -2.15. The Morgan fingerprint density at radius 2 is 0.632 bits per heavy atom. The second-order valence-corrected chi connectivity index (χ2v) is 18.6. The number of carbonyl (C=O) groups excluding carboxylic acids is 2. The molecule has 0 saturated carbocycles. The molecule has 0 aromatic carbocycles. The van der Waals surface area contributed by atoms with Crippen LogP contribution in [0.4, 0.5) is 0 Å². The Morgan fingerprint density at radius 1 is 0.353 bits per heavy atom. The first-order valence-electron chi connectivity index (χ1n) is 28.4. The average molecular weight is 944 g/mol. The number of ether oxygens (including phenoxy) is 2. The maximum Gasteiger partial charge on any atom is 0.306 e. The number of rotatable bonds is 51. The van der Waals surface area contributed by atoms with E-state index in [1.54, 1.807) is 0 Å². The molecule has 0 aliphatic rings. The van der Waals surface area contributed by atoms with Crippen LogP contribution < -0.4 is 0 Å². The molecule has 0 fully saturated rings. The van der Waals surface area contributed by atoms with E-state index in [0.29, 0.717) is 12.8 Å². The molecule has 5 heteroatoms. The van der Waals surface area contributed by atoms with Gasteiger partial charge in [0.2, 0.25) is 0 Å².